The third-order valence-corrected chi connectivity index (χ3v) is 4.91. The van der Waals surface area contributed by atoms with Gasteiger partial charge in [0.2, 0.25) is 0 Å². The van der Waals surface area contributed by atoms with Gasteiger partial charge in [-0.25, -0.2) is 17.2 Å². The Morgan fingerprint density at radius 1 is 1.28 bits per heavy atom. The van der Waals surface area contributed by atoms with E-state index in [2.05, 4.69) is 0 Å². The van der Waals surface area contributed by atoms with E-state index >= 15 is 0 Å². The number of nitrogens with zero attached hydrogens (tertiary/aromatic N) is 1. The SMILES string of the molecule is CS(=O)(=O)c1ccc(Oc2cc(F)cc(C#N)c2)c2c1[CH][C@@H](F)[C@H]2O. The minimum Gasteiger partial charge on any atom is -0.457 e. The van der Waals surface area contributed by atoms with Crippen LogP contribution in [0.4, 0.5) is 8.78 Å². The summed E-state index contributed by atoms with van der Waals surface area (Å²) < 4.78 is 56.6. The summed E-state index contributed by atoms with van der Waals surface area (Å²) in [6, 6.07) is 7.59. The number of benzene rings is 2. The van der Waals surface area contributed by atoms with Gasteiger partial charge in [0.1, 0.15) is 29.6 Å². The van der Waals surface area contributed by atoms with Crippen LogP contribution in [0.1, 0.15) is 22.8 Å². The second-order valence-electron chi connectivity index (χ2n) is 5.61. The van der Waals surface area contributed by atoms with E-state index in [-0.39, 0.29) is 33.1 Å². The van der Waals surface area contributed by atoms with Crippen LogP contribution in [-0.4, -0.2) is 26.0 Å². The van der Waals surface area contributed by atoms with Crippen molar-refractivity contribution in [3.8, 4) is 17.6 Å². The number of nitriles is 1. The number of hydrogen-bond donors (Lipinski definition) is 1. The Morgan fingerprint density at radius 2 is 2.00 bits per heavy atom. The number of hydrogen-bond acceptors (Lipinski definition) is 5. The molecule has 1 N–H and O–H groups in total. The molecule has 0 saturated carbocycles. The highest BCUT2D eigenvalue weighted by molar-refractivity contribution is 7.90. The molecule has 0 aromatic heterocycles. The summed E-state index contributed by atoms with van der Waals surface area (Å²) in [6.45, 7) is 0. The molecule has 5 nitrogen and oxygen atoms in total. The van der Waals surface area contributed by atoms with Gasteiger partial charge in [-0.1, -0.05) is 0 Å². The minimum atomic E-state index is -3.65. The first-order chi connectivity index (χ1) is 11.7. The third-order valence-electron chi connectivity index (χ3n) is 3.76. The largest absolute Gasteiger partial charge is 0.457 e. The highest BCUT2D eigenvalue weighted by atomic mass is 32.2. The Hall–Kier alpha value is -2.50. The fourth-order valence-corrected chi connectivity index (χ4v) is 3.60. The van der Waals surface area contributed by atoms with E-state index < -0.39 is 27.9 Å². The van der Waals surface area contributed by atoms with Crippen molar-refractivity contribution in [3.63, 3.8) is 0 Å². The first-order valence-corrected chi connectivity index (χ1v) is 9.02. The van der Waals surface area contributed by atoms with E-state index in [1.807, 2.05) is 0 Å². The van der Waals surface area contributed by atoms with Crippen LogP contribution < -0.4 is 4.74 Å². The quantitative estimate of drug-likeness (QED) is 0.905. The Bertz CT molecular complexity index is 998. The highest BCUT2D eigenvalue weighted by Gasteiger charge is 2.38. The molecule has 0 bridgehead atoms. The van der Waals surface area contributed by atoms with Gasteiger partial charge in [-0.2, -0.15) is 5.26 Å². The lowest BCUT2D eigenvalue weighted by molar-refractivity contribution is 0.106. The fraction of sp³-hybridized carbons (Fsp3) is 0.176. The van der Waals surface area contributed by atoms with Crippen molar-refractivity contribution >= 4 is 9.84 Å². The molecule has 1 aliphatic carbocycles. The van der Waals surface area contributed by atoms with Crippen molar-refractivity contribution in [1.82, 2.24) is 0 Å². The average Bonchev–Trinajstić information content (AvgIpc) is 2.81. The van der Waals surface area contributed by atoms with Gasteiger partial charge in [0.25, 0.3) is 0 Å². The van der Waals surface area contributed by atoms with Crippen LogP contribution in [0.2, 0.25) is 0 Å². The molecule has 0 amide bonds. The summed E-state index contributed by atoms with van der Waals surface area (Å²) in [5, 5.41) is 18.9. The van der Waals surface area contributed by atoms with Gasteiger partial charge >= 0.3 is 0 Å². The third kappa shape index (κ3) is 3.21. The molecule has 1 radical (unpaired) electrons. The first kappa shape index (κ1) is 17.3. The van der Waals surface area contributed by atoms with Gasteiger partial charge in [-0.05, 0) is 29.8 Å². The van der Waals surface area contributed by atoms with Crippen molar-refractivity contribution in [1.29, 1.82) is 5.26 Å². The molecule has 0 heterocycles. The fourth-order valence-electron chi connectivity index (χ4n) is 2.71. The van der Waals surface area contributed by atoms with Crippen molar-refractivity contribution < 1.29 is 27.0 Å². The first-order valence-electron chi connectivity index (χ1n) is 7.13. The van der Waals surface area contributed by atoms with Crippen LogP contribution in [0.15, 0.2) is 35.2 Å². The molecule has 0 fully saturated rings. The van der Waals surface area contributed by atoms with Gasteiger partial charge in [-0.15, -0.1) is 0 Å². The Labute approximate surface area is 143 Å². The van der Waals surface area contributed by atoms with Crippen molar-refractivity contribution in [2.45, 2.75) is 17.2 Å². The Kier molecular flexibility index (Phi) is 4.22. The van der Waals surface area contributed by atoms with E-state index in [9.17, 15) is 22.3 Å². The molecule has 2 atom stereocenters. The lowest BCUT2D eigenvalue weighted by Crippen LogP contribution is -2.06. The number of aliphatic hydroxyl groups excluding tert-OH is 1. The summed E-state index contributed by atoms with van der Waals surface area (Å²) in [4.78, 5) is -0.133. The molecule has 2 aromatic rings. The number of halogens is 2. The molecule has 2 aromatic carbocycles. The number of rotatable bonds is 3. The molecule has 1 aliphatic rings. The lowest BCUT2D eigenvalue weighted by Gasteiger charge is -2.15. The lowest BCUT2D eigenvalue weighted by atomic mass is 10.1. The zero-order chi connectivity index (χ0) is 18.4. The molecule has 3 rings (SSSR count). The molecular weight excluding hydrogens is 352 g/mol. The zero-order valence-electron chi connectivity index (χ0n) is 12.9. The number of aliphatic hydroxyl groups is 1. The number of fused-ring (bicyclic) bond motifs is 1. The predicted octanol–water partition coefficient (Wildman–Crippen LogP) is 2.83. The molecule has 0 unspecified atom stereocenters. The van der Waals surface area contributed by atoms with E-state index in [0.717, 1.165) is 24.8 Å². The van der Waals surface area contributed by atoms with Gasteiger partial charge in [0.15, 0.2) is 9.84 Å². The summed E-state index contributed by atoms with van der Waals surface area (Å²) in [5.74, 6) is -0.741. The normalized spacial score (nSPS) is 19.3. The maximum atomic E-state index is 13.9. The smallest absolute Gasteiger partial charge is 0.175 e. The summed E-state index contributed by atoms with van der Waals surface area (Å²) in [5.41, 5.74) is 0.0185. The Balaban J connectivity index is 2.12. The molecule has 8 heteroatoms. The average molecular weight is 364 g/mol. The summed E-state index contributed by atoms with van der Waals surface area (Å²) in [7, 11) is -3.65. The highest BCUT2D eigenvalue weighted by Crippen LogP contribution is 2.45. The standard InChI is InChI=1S/C17H12F2NO4S/c1-25(22,23)15-3-2-14(16-12(15)7-13(19)17(16)21)24-11-5-9(8-20)4-10(18)6-11/h2-7,13,17,21H,1H3/t13-,17-/m1/s1. The maximum Gasteiger partial charge on any atom is 0.175 e. The predicted molar refractivity (Wildman–Crippen MR) is 84.0 cm³/mol. The molecule has 25 heavy (non-hydrogen) atoms. The number of alkyl halides is 1. The van der Waals surface area contributed by atoms with Gasteiger partial charge in [0.05, 0.1) is 16.5 Å². The summed E-state index contributed by atoms with van der Waals surface area (Å²) in [6.07, 6.45) is -1.41. The molecule has 0 aliphatic heterocycles. The number of sulfone groups is 1. The van der Waals surface area contributed by atoms with Gasteiger partial charge < -0.3 is 9.84 Å². The minimum absolute atomic E-state index is 0.0132. The van der Waals surface area contributed by atoms with Gasteiger partial charge in [-0.3, -0.25) is 0 Å². The molecule has 0 saturated heterocycles. The second-order valence-corrected chi connectivity index (χ2v) is 7.59. The monoisotopic (exact) mass is 364 g/mol. The Morgan fingerprint density at radius 3 is 2.64 bits per heavy atom. The van der Waals surface area contributed by atoms with Crippen molar-refractivity contribution in [2.24, 2.45) is 0 Å². The van der Waals surface area contributed by atoms with E-state index in [1.165, 1.54) is 18.2 Å². The van der Waals surface area contributed by atoms with Crippen LogP contribution >= 0.6 is 0 Å². The van der Waals surface area contributed by atoms with E-state index in [1.54, 1.807) is 6.07 Å². The van der Waals surface area contributed by atoms with Crippen LogP contribution in [-0.2, 0) is 9.84 Å². The number of ether oxygens (including phenoxy) is 1. The van der Waals surface area contributed by atoms with Crippen molar-refractivity contribution in [2.75, 3.05) is 6.26 Å². The van der Waals surface area contributed by atoms with Crippen LogP contribution in [0, 0.1) is 23.6 Å². The van der Waals surface area contributed by atoms with E-state index in [0.29, 0.717) is 0 Å². The molecular formula is C17H12F2NO4S. The van der Waals surface area contributed by atoms with Crippen LogP contribution in [0.5, 0.6) is 11.5 Å². The van der Waals surface area contributed by atoms with Crippen molar-refractivity contribution in [3.05, 3.63) is 59.3 Å². The summed E-state index contributed by atoms with van der Waals surface area (Å²) >= 11 is 0. The zero-order valence-corrected chi connectivity index (χ0v) is 13.7. The molecule has 129 valence electrons. The van der Waals surface area contributed by atoms with E-state index in [4.69, 9.17) is 10.00 Å². The van der Waals surface area contributed by atoms with Crippen LogP contribution in [0.3, 0.4) is 0 Å². The van der Waals surface area contributed by atoms with Gasteiger partial charge in [0, 0.05) is 24.3 Å². The van der Waals surface area contributed by atoms with Crippen LogP contribution in [0.25, 0.3) is 0 Å². The second kappa shape index (κ2) is 6.10. The molecule has 0 spiro atoms. The topological polar surface area (TPSA) is 87.4 Å². The maximum absolute atomic E-state index is 13.9.